The van der Waals surface area contributed by atoms with E-state index < -0.39 is 22.9 Å². The third-order valence-corrected chi connectivity index (χ3v) is 4.96. The molecule has 0 fully saturated rings. The van der Waals surface area contributed by atoms with Gasteiger partial charge in [-0.3, -0.25) is 9.36 Å². The summed E-state index contributed by atoms with van der Waals surface area (Å²) in [6.45, 7) is 3.46. The Kier molecular flexibility index (Phi) is 5.73. The van der Waals surface area contributed by atoms with Crippen LogP contribution in [0, 0.1) is 6.92 Å². The van der Waals surface area contributed by atoms with Crippen LogP contribution in [-0.2, 0) is 11.0 Å². The van der Waals surface area contributed by atoms with E-state index in [9.17, 15) is 18.0 Å². The lowest BCUT2D eigenvalue weighted by atomic mass is 10.2. The molecule has 5 nitrogen and oxygen atoms in total. The predicted molar refractivity (Wildman–Crippen MR) is 101 cm³/mol. The molecule has 1 N–H and O–H groups in total. The molecule has 0 radical (unpaired) electrons. The minimum Gasteiger partial charge on any atom is -0.325 e. The summed E-state index contributed by atoms with van der Waals surface area (Å²) < 4.78 is 40.3. The number of para-hydroxylation sites is 1. The molecular weight excluding hydrogens is 389 g/mol. The monoisotopic (exact) mass is 406 g/mol. The molecule has 0 spiro atoms. The number of aryl methyl sites for hydroxylation is 1. The van der Waals surface area contributed by atoms with E-state index in [1.165, 1.54) is 23.9 Å². The lowest BCUT2D eigenvalue weighted by Crippen LogP contribution is -2.23. The van der Waals surface area contributed by atoms with Gasteiger partial charge in [-0.2, -0.15) is 13.2 Å². The van der Waals surface area contributed by atoms with E-state index >= 15 is 0 Å². The first-order valence-corrected chi connectivity index (χ1v) is 9.26. The van der Waals surface area contributed by atoms with Crippen LogP contribution >= 0.6 is 11.8 Å². The first-order chi connectivity index (χ1) is 13.3. The summed E-state index contributed by atoms with van der Waals surface area (Å²) >= 11 is 1.18. The number of halogens is 3. The molecule has 3 rings (SSSR count). The second kappa shape index (κ2) is 8.05. The van der Waals surface area contributed by atoms with Gasteiger partial charge >= 0.3 is 6.18 Å². The summed E-state index contributed by atoms with van der Waals surface area (Å²) in [6, 6.07) is 14.0. The third kappa shape index (κ3) is 4.53. The average molecular weight is 406 g/mol. The maximum Gasteiger partial charge on any atom is 0.416 e. The number of nitrogens with zero attached hydrogens (tertiary/aromatic N) is 3. The molecule has 0 aliphatic rings. The van der Waals surface area contributed by atoms with Crippen LogP contribution in [0.3, 0.4) is 0 Å². The lowest BCUT2D eigenvalue weighted by Gasteiger charge is -2.14. The molecule has 9 heteroatoms. The van der Waals surface area contributed by atoms with Crippen LogP contribution in [0.2, 0.25) is 0 Å². The first-order valence-electron chi connectivity index (χ1n) is 8.38. The number of amides is 1. The van der Waals surface area contributed by atoms with Gasteiger partial charge in [-0.25, -0.2) is 0 Å². The number of hydrogen-bond donors (Lipinski definition) is 1. The van der Waals surface area contributed by atoms with Gasteiger partial charge in [-0.1, -0.05) is 36.0 Å². The number of rotatable bonds is 5. The number of carbonyl (C=O) groups is 1. The zero-order valence-corrected chi connectivity index (χ0v) is 15.9. The Morgan fingerprint density at radius 1 is 1.11 bits per heavy atom. The number of nitrogens with one attached hydrogen (secondary N) is 1. The molecule has 1 atom stereocenters. The van der Waals surface area contributed by atoms with E-state index in [4.69, 9.17) is 0 Å². The van der Waals surface area contributed by atoms with Crippen molar-refractivity contribution in [2.75, 3.05) is 5.32 Å². The maximum absolute atomic E-state index is 12.8. The van der Waals surface area contributed by atoms with Crippen LogP contribution in [0.5, 0.6) is 0 Å². The van der Waals surface area contributed by atoms with Crippen LogP contribution in [0.4, 0.5) is 18.9 Å². The van der Waals surface area contributed by atoms with Crippen LogP contribution < -0.4 is 5.32 Å². The van der Waals surface area contributed by atoms with Crippen LogP contribution in [0.1, 0.15) is 18.3 Å². The van der Waals surface area contributed by atoms with Crippen molar-refractivity contribution in [3.63, 3.8) is 0 Å². The van der Waals surface area contributed by atoms with E-state index in [2.05, 4.69) is 15.5 Å². The van der Waals surface area contributed by atoms with Gasteiger partial charge in [-0.15, -0.1) is 10.2 Å². The Morgan fingerprint density at radius 3 is 2.50 bits per heavy atom. The zero-order valence-electron chi connectivity index (χ0n) is 15.1. The smallest absolute Gasteiger partial charge is 0.325 e. The fraction of sp³-hybridized carbons (Fsp3) is 0.211. The molecule has 2 aromatic carbocycles. The molecule has 1 amide bonds. The molecule has 146 valence electrons. The fourth-order valence-electron chi connectivity index (χ4n) is 2.52. The molecule has 28 heavy (non-hydrogen) atoms. The predicted octanol–water partition coefficient (Wildman–Crippen LogP) is 4.71. The molecule has 0 unspecified atom stereocenters. The van der Waals surface area contributed by atoms with Crippen LogP contribution in [-0.4, -0.2) is 25.9 Å². The summed E-state index contributed by atoms with van der Waals surface area (Å²) in [7, 11) is 0. The molecule has 3 aromatic rings. The topological polar surface area (TPSA) is 59.8 Å². The summed E-state index contributed by atoms with van der Waals surface area (Å²) in [5, 5.41) is 10.6. The molecular formula is C19H17F3N4OS. The van der Waals surface area contributed by atoms with Gasteiger partial charge in [-0.05, 0) is 44.2 Å². The number of alkyl halides is 3. The van der Waals surface area contributed by atoms with Crippen molar-refractivity contribution < 1.29 is 18.0 Å². The van der Waals surface area contributed by atoms with E-state index in [0.29, 0.717) is 11.0 Å². The Labute approximate surface area is 164 Å². The Hall–Kier alpha value is -2.81. The van der Waals surface area contributed by atoms with Gasteiger partial charge in [0.05, 0.1) is 10.8 Å². The van der Waals surface area contributed by atoms with Gasteiger partial charge in [0, 0.05) is 11.4 Å². The zero-order chi connectivity index (χ0) is 20.3. The second-order valence-corrected chi connectivity index (χ2v) is 7.34. The molecule has 0 bridgehead atoms. The number of thioether (sulfide) groups is 1. The summed E-state index contributed by atoms with van der Waals surface area (Å²) in [5.74, 6) is 0.240. The number of anilines is 1. The highest BCUT2D eigenvalue weighted by Crippen LogP contribution is 2.31. The Bertz CT molecular complexity index is 973. The Balaban J connectivity index is 1.74. The number of hydrogen-bond acceptors (Lipinski definition) is 4. The molecule has 0 aliphatic carbocycles. The highest BCUT2D eigenvalue weighted by Gasteiger charge is 2.30. The number of benzene rings is 2. The van der Waals surface area contributed by atoms with Crippen molar-refractivity contribution in [3.8, 4) is 5.69 Å². The summed E-state index contributed by atoms with van der Waals surface area (Å²) in [6.07, 6.45) is -4.47. The number of carbonyl (C=O) groups excluding carboxylic acids is 1. The van der Waals surface area contributed by atoms with Gasteiger partial charge in [0.1, 0.15) is 5.82 Å². The largest absolute Gasteiger partial charge is 0.416 e. The molecule has 0 aliphatic heterocycles. The van der Waals surface area contributed by atoms with Crippen molar-refractivity contribution in [2.45, 2.75) is 30.4 Å². The van der Waals surface area contributed by atoms with Crippen molar-refractivity contribution in [3.05, 3.63) is 66.0 Å². The van der Waals surface area contributed by atoms with Crippen molar-refractivity contribution in [1.29, 1.82) is 0 Å². The minimum absolute atomic E-state index is 0.0907. The Morgan fingerprint density at radius 2 is 1.82 bits per heavy atom. The molecule has 1 heterocycles. The normalized spacial score (nSPS) is 12.6. The minimum atomic E-state index is -4.47. The fourth-order valence-corrected chi connectivity index (χ4v) is 3.44. The van der Waals surface area contributed by atoms with Gasteiger partial charge in [0.15, 0.2) is 5.16 Å². The van der Waals surface area contributed by atoms with Gasteiger partial charge < -0.3 is 5.32 Å². The molecule has 1 aromatic heterocycles. The molecule has 0 saturated carbocycles. The average Bonchev–Trinajstić information content (AvgIpc) is 3.02. The quantitative estimate of drug-likeness (QED) is 0.623. The van der Waals surface area contributed by atoms with E-state index in [0.717, 1.165) is 17.8 Å². The third-order valence-electron chi connectivity index (χ3n) is 3.92. The summed E-state index contributed by atoms with van der Waals surface area (Å²) in [5.41, 5.74) is 0.135. The maximum atomic E-state index is 12.8. The van der Waals surface area contributed by atoms with E-state index in [1.807, 2.05) is 34.9 Å². The highest BCUT2D eigenvalue weighted by atomic mass is 32.2. The van der Waals surface area contributed by atoms with E-state index in [1.54, 1.807) is 13.8 Å². The van der Waals surface area contributed by atoms with Crippen molar-refractivity contribution >= 4 is 23.4 Å². The van der Waals surface area contributed by atoms with Crippen LogP contribution in [0.15, 0.2) is 59.8 Å². The standard InChI is InChI=1S/C19H17F3N4OS/c1-12(17(27)23-15-8-6-7-14(11-15)19(20,21)22)28-18-25-24-13(2)26(18)16-9-4-3-5-10-16/h3-12H,1-2H3,(H,23,27)/t12-/m1/s1. The number of aromatic nitrogens is 3. The SMILES string of the molecule is Cc1nnc(S[C@H](C)C(=O)Nc2cccc(C(F)(F)F)c2)n1-c1ccccc1. The summed E-state index contributed by atoms with van der Waals surface area (Å²) in [4.78, 5) is 12.5. The van der Waals surface area contributed by atoms with E-state index in [-0.39, 0.29) is 5.69 Å². The van der Waals surface area contributed by atoms with Crippen LogP contribution in [0.25, 0.3) is 5.69 Å². The van der Waals surface area contributed by atoms with Crippen molar-refractivity contribution in [1.82, 2.24) is 14.8 Å². The van der Waals surface area contributed by atoms with Gasteiger partial charge in [0.2, 0.25) is 5.91 Å². The molecule has 0 saturated heterocycles. The lowest BCUT2D eigenvalue weighted by molar-refractivity contribution is -0.137. The van der Waals surface area contributed by atoms with Gasteiger partial charge in [0.25, 0.3) is 0 Å². The first kappa shape index (κ1) is 19.9. The second-order valence-electron chi connectivity index (χ2n) is 6.03. The van der Waals surface area contributed by atoms with Crippen molar-refractivity contribution in [2.24, 2.45) is 0 Å². The highest BCUT2D eigenvalue weighted by molar-refractivity contribution is 8.00.